The highest BCUT2D eigenvalue weighted by atomic mass is 16.7. The number of nitrogens with zero attached hydrogens (tertiary/aromatic N) is 2. The van der Waals surface area contributed by atoms with E-state index < -0.39 is 0 Å². The monoisotopic (exact) mass is 251 g/mol. The second-order valence-corrected chi connectivity index (χ2v) is 4.09. The Morgan fingerprint density at radius 3 is 2.83 bits per heavy atom. The van der Waals surface area contributed by atoms with Crippen molar-refractivity contribution in [3.63, 3.8) is 0 Å². The summed E-state index contributed by atoms with van der Waals surface area (Å²) in [4.78, 5) is 20.5. The van der Waals surface area contributed by atoms with Crippen LogP contribution in [-0.4, -0.2) is 43.2 Å². The first-order valence-electron chi connectivity index (χ1n) is 6.13. The first-order valence-corrected chi connectivity index (χ1v) is 6.13. The summed E-state index contributed by atoms with van der Waals surface area (Å²) in [5, 5.41) is 4.63. The van der Waals surface area contributed by atoms with Crippen LogP contribution in [-0.2, 0) is 16.1 Å². The van der Waals surface area contributed by atoms with Gasteiger partial charge >= 0.3 is 0 Å². The zero-order chi connectivity index (χ0) is 13.2. The van der Waals surface area contributed by atoms with Crippen LogP contribution < -0.4 is 5.32 Å². The number of carbonyl (C=O) groups is 1. The van der Waals surface area contributed by atoms with Crippen LogP contribution in [0.1, 0.15) is 18.4 Å². The number of nitrogens with one attached hydrogen (secondary N) is 1. The molecule has 1 aromatic rings. The number of rotatable bonds is 8. The van der Waals surface area contributed by atoms with Gasteiger partial charge in [0.25, 0.3) is 0 Å². The van der Waals surface area contributed by atoms with E-state index in [-0.39, 0.29) is 5.91 Å². The van der Waals surface area contributed by atoms with Crippen molar-refractivity contribution in [1.82, 2.24) is 15.4 Å². The van der Waals surface area contributed by atoms with Crippen molar-refractivity contribution in [3.05, 3.63) is 30.1 Å². The van der Waals surface area contributed by atoms with E-state index >= 15 is 0 Å². The maximum atomic E-state index is 11.6. The van der Waals surface area contributed by atoms with E-state index in [1.807, 2.05) is 19.2 Å². The molecule has 0 aliphatic heterocycles. The highest BCUT2D eigenvalue weighted by molar-refractivity contribution is 5.76. The smallest absolute Gasteiger partial charge is 0.220 e. The zero-order valence-electron chi connectivity index (χ0n) is 11.1. The molecule has 0 fully saturated rings. The zero-order valence-corrected chi connectivity index (χ0v) is 11.1. The molecule has 0 atom stereocenters. The standard InChI is InChI=1S/C13H21N3O2/c1-16(18-2)11-3-8-15-13(17)5-4-12-6-9-14-10-7-12/h6-7,9-10H,3-5,8,11H2,1-2H3,(H,15,17). The van der Waals surface area contributed by atoms with Gasteiger partial charge in [-0.2, -0.15) is 5.06 Å². The number of hydrogen-bond donors (Lipinski definition) is 1. The molecule has 0 spiro atoms. The van der Waals surface area contributed by atoms with E-state index in [4.69, 9.17) is 4.84 Å². The minimum absolute atomic E-state index is 0.0897. The lowest BCUT2D eigenvalue weighted by Crippen LogP contribution is -2.28. The summed E-state index contributed by atoms with van der Waals surface area (Å²) in [6.45, 7) is 1.49. The van der Waals surface area contributed by atoms with Crippen LogP contribution in [0.15, 0.2) is 24.5 Å². The number of carbonyl (C=O) groups excluding carboxylic acids is 1. The second kappa shape index (κ2) is 8.60. The van der Waals surface area contributed by atoms with Crippen molar-refractivity contribution in [2.75, 3.05) is 27.2 Å². The number of pyridine rings is 1. The van der Waals surface area contributed by atoms with Crippen molar-refractivity contribution >= 4 is 5.91 Å². The quantitative estimate of drug-likeness (QED) is 0.553. The highest BCUT2D eigenvalue weighted by Gasteiger charge is 2.02. The van der Waals surface area contributed by atoms with Gasteiger partial charge < -0.3 is 10.2 Å². The fourth-order valence-corrected chi connectivity index (χ4v) is 1.52. The lowest BCUT2D eigenvalue weighted by atomic mass is 10.1. The van der Waals surface area contributed by atoms with Gasteiger partial charge in [0.2, 0.25) is 5.91 Å². The summed E-state index contributed by atoms with van der Waals surface area (Å²) in [5.74, 6) is 0.0897. The first-order chi connectivity index (χ1) is 8.72. The molecule has 5 nitrogen and oxygen atoms in total. The number of aryl methyl sites for hydroxylation is 1. The van der Waals surface area contributed by atoms with Crippen molar-refractivity contribution in [3.8, 4) is 0 Å². The van der Waals surface area contributed by atoms with Gasteiger partial charge in [0.1, 0.15) is 0 Å². The van der Waals surface area contributed by atoms with Gasteiger partial charge in [0.15, 0.2) is 0 Å². The third kappa shape index (κ3) is 6.32. The van der Waals surface area contributed by atoms with Crippen LogP contribution >= 0.6 is 0 Å². The third-order valence-electron chi connectivity index (χ3n) is 2.67. The summed E-state index contributed by atoms with van der Waals surface area (Å²) in [7, 11) is 3.50. The van der Waals surface area contributed by atoms with Gasteiger partial charge in [-0.15, -0.1) is 0 Å². The predicted molar refractivity (Wildman–Crippen MR) is 69.8 cm³/mol. The molecule has 100 valence electrons. The average Bonchev–Trinajstić information content (AvgIpc) is 2.42. The normalized spacial score (nSPS) is 10.6. The molecule has 0 saturated carbocycles. The predicted octanol–water partition coefficient (Wildman–Crippen LogP) is 1.01. The molecule has 0 radical (unpaired) electrons. The topological polar surface area (TPSA) is 54.5 Å². The molecular formula is C13H21N3O2. The summed E-state index contributed by atoms with van der Waals surface area (Å²) >= 11 is 0. The Kier molecular flexibility index (Phi) is 6.98. The molecule has 1 aromatic heterocycles. The van der Waals surface area contributed by atoms with E-state index in [0.29, 0.717) is 13.0 Å². The molecule has 1 N–H and O–H groups in total. The van der Waals surface area contributed by atoms with Crippen molar-refractivity contribution in [2.45, 2.75) is 19.3 Å². The molecule has 0 aliphatic carbocycles. The van der Waals surface area contributed by atoms with Crippen LogP contribution in [0.2, 0.25) is 0 Å². The van der Waals surface area contributed by atoms with Gasteiger partial charge in [-0.05, 0) is 30.5 Å². The van der Waals surface area contributed by atoms with Crippen molar-refractivity contribution in [2.24, 2.45) is 0 Å². The average molecular weight is 251 g/mol. The van der Waals surface area contributed by atoms with Gasteiger partial charge in [-0.1, -0.05) is 0 Å². The van der Waals surface area contributed by atoms with Crippen molar-refractivity contribution in [1.29, 1.82) is 0 Å². The highest BCUT2D eigenvalue weighted by Crippen LogP contribution is 2.00. The van der Waals surface area contributed by atoms with Gasteiger partial charge in [0.05, 0.1) is 7.11 Å². The lowest BCUT2D eigenvalue weighted by molar-refractivity contribution is -0.121. The largest absolute Gasteiger partial charge is 0.356 e. The van der Waals surface area contributed by atoms with Crippen LogP contribution in [0, 0.1) is 0 Å². The fourth-order valence-electron chi connectivity index (χ4n) is 1.52. The fraction of sp³-hybridized carbons (Fsp3) is 0.538. The molecule has 0 bridgehead atoms. The summed E-state index contributed by atoms with van der Waals surface area (Å²) in [6.07, 6.45) is 5.64. The van der Waals surface area contributed by atoms with Crippen LogP contribution in [0.4, 0.5) is 0 Å². The maximum absolute atomic E-state index is 11.6. The van der Waals surface area contributed by atoms with E-state index in [9.17, 15) is 4.79 Å². The molecule has 0 unspecified atom stereocenters. The number of amides is 1. The third-order valence-corrected chi connectivity index (χ3v) is 2.67. The van der Waals surface area contributed by atoms with Gasteiger partial charge in [-0.3, -0.25) is 9.78 Å². The number of hydrogen-bond acceptors (Lipinski definition) is 4. The maximum Gasteiger partial charge on any atom is 0.220 e. The van der Waals surface area contributed by atoms with Crippen molar-refractivity contribution < 1.29 is 9.63 Å². The Balaban J connectivity index is 2.07. The lowest BCUT2D eigenvalue weighted by Gasteiger charge is -2.13. The first kappa shape index (κ1) is 14.6. The molecular weight excluding hydrogens is 230 g/mol. The van der Waals surface area contributed by atoms with Gasteiger partial charge in [-0.25, -0.2) is 0 Å². The van der Waals surface area contributed by atoms with Crippen LogP contribution in [0.5, 0.6) is 0 Å². The Morgan fingerprint density at radius 2 is 2.17 bits per heavy atom. The Labute approximate surface area is 108 Å². The van der Waals surface area contributed by atoms with E-state index in [2.05, 4.69) is 10.3 Å². The van der Waals surface area contributed by atoms with E-state index in [1.165, 1.54) is 0 Å². The molecule has 1 amide bonds. The van der Waals surface area contributed by atoms with Crippen LogP contribution in [0.25, 0.3) is 0 Å². The number of aromatic nitrogens is 1. The second-order valence-electron chi connectivity index (χ2n) is 4.09. The van der Waals surface area contributed by atoms with Gasteiger partial charge in [0, 0.05) is 39.0 Å². The Morgan fingerprint density at radius 1 is 1.44 bits per heavy atom. The SMILES string of the molecule is CON(C)CCCNC(=O)CCc1ccncc1. The summed E-state index contributed by atoms with van der Waals surface area (Å²) in [5.41, 5.74) is 1.14. The molecule has 0 aliphatic rings. The molecule has 0 saturated heterocycles. The van der Waals surface area contributed by atoms with E-state index in [1.54, 1.807) is 24.6 Å². The summed E-state index contributed by atoms with van der Waals surface area (Å²) in [6, 6.07) is 3.86. The van der Waals surface area contributed by atoms with Crippen LogP contribution in [0.3, 0.4) is 0 Å². The number of hydroxylamine groups is 2. The summed E-state index contributed by atoms with van der Waals surface area (Å²) < 4.78 is 0. The minimum atomic E-state index is 0.0897. The van der Waals surface area contributed by atoms with E-state index in [0.717, 1.165) is 24.9 Å². The molecule has 0 aromatic carbocycles. The molecule has 1 heterocycles. The minimum Gasteiger partial charge on any atom is -0.356 e. The molecule has 18 heavy (non-hydrogen) atoms. The Hall–Kier alpha value is -1.46. The molecule has 1 rings (SSSR count). The Bertz CT molecular complexity index is 343. The molecule has 5 heteroatoms.